The summed E-state index contributed by atoms with van der Waals surface area (Å²) in [4.78, 5) is 26.7. The number of carbonyl (C=O) groups excluding carboxylic acids is 1. The van der Waals surface area contributed by atoms with Gasteiger partial charge >= 0.3 is 6.03 Å². The molecule has 1 N–H and O–H groups in total. The summed E-state index contributed by atoms with van der Waals surface area (Å²) in [5.74, 6) is 2.41. The van der Waals surface area contributed by atoms with Gasteiger partial charge in [-0.05, 0) is 44.9 Å². The Morgan fingerprint density at radius 1 is 0.971 bits per heavy atom. The van der Waals surface area contributed by atoms with Crippen molar-refractivity contribution in [3.8, 4) is 5.75 Å². The molecule has 0 radical (unpaired) electrons. The van der Waals surface area contributed by atoms with Gasteiger partial charge in [0, 0.05) is 43.9 Å². The monoisotopic (exact) mass is 459 g/mol. The molecule has 1 saturated heterocycles. The molecule has 1 fully saturated rings. The van der Waals surface area contributed by atoms with Crippen molar-refractivity contribution in [1.29, 1.82) is 0 Å². The van der Waals surface area contributed by atoms with Crippen LogP contribution in [0.1, 0.15) is 34.6 Å². The lowest BCUT2D eigenvalue weighted by Gasteiger charge is -2.26. The summed E-state index contributed by atoms with van der Waals surface area (Å²) < 4.78 is 5.37. The Labute approximate surface area is 201 Å². The minimum atomic E-state index is -0.110. The zero-order valence-electron chi connectivity index (χ0n) is 20.5. The first-order valence-electron chi connectivity index (χ1n) is 11.8. The van der Waals surface area contributed by atoms with Gasteiger partial charge in [-0.3, -0.25) is 0 Å². The lowest BCUT2D eigenvalue weighted by atomic mass is 10.0. The number of anilines is 2. The number of methoxy groups -OCH3 is 1. The van der Waals surface area contributed by atoms with Gasteiger partial charge in [0.1, 0.15) is 17.4 Å². The van der Waals surface area contributed by atoms with E-state index in [1.165, 1.54) is 11.1 Å². The van der Waals surface area contributed by atoms with E-state index in [1.807, 2.05) is 36.1 Å². The van der Waals surface area contributed by atoms with Gasteiger partial charge in [-0.1, -0.05) is 42.0 Å². The van der Waals surface area contributed by atoms with Gasteiger partial charge in [-0.25, -0.2) is 14.8 Å². The molecule has 2 heterocycles. The molecular formula is C27H33N5O2. The summed E-state index contributed by atoms with van der Waals surface area (Å²) in [7, 11) is 1.61. The average molecular weight is 460 g/mol. The van der Waals surface area contributed by atoms with Gasteiger partial charge in [0.05, 0.1) is 12.8 Å². The first-order valence-corrected chi connectivity index (χ1v) is 11.8. The Bertz CT molecular complexity index is 1150. The highest BCUT2D eigenvalue weighted by atomic mass is 16.5. The van der Waals surface area contributed by atoms with Crippen molar-refractivity contribution in [2.24, 2.45) is 0 Å². The van der Waals surface area contributed by atoms with E-state index in [-0.39, 0.29) is 6.03 Å². The molecule has 1 aliphatic heterocycles. The second-order valence-corrected chi connectivity index (χ2v) is 8.78. The fourth-order valence-electron chi connectivity index (χ4n) is 4.37. The number of aryl methyl sites for hydroxylation is 3. The molecule has 0 bridgehead atoms. The number of amides is 2. The second kappa shape index (κ2) is 10.5. The third-order valence-corrected chi connectivity index (χ3v) is 6.24. The highest BCUT2D eigenvalue weighted by Crippen LogP contribution is 2.26. The molecule has 7 nitrogen and oxygen atoms in total. The lowest BCUT2D eigenvalue weighted by Crippen LogP contribution is -2.38. The predicted octanol–water partition coefficient (Wildman–Crippen LogP) is 4.75. The van der Waals surface area contributed by atoms with E-state index in [1.54, 1.807) is 7.11 Å². The van der Waals surface area contributed by atoms with Gasteiger partial charge in [-0.15, -0.1) is 0 Å². The van der Waals surface area contributed by atoms with Crippen LogP contribution >= 0.6 is 0 Å². The number of nitrogens with zero attached hydrogens (tertiary/aromatic N) is 4. The number of benzene rings is 2. The number of rotatable bonds is 5. The van der Waals surface area contributed by atoms with Gasteiger partial charge in [0.2, 0.25) is 0 Å². The maximum Gasteiger partial charge on any atom is 0.322 e. The molecule has 0 atom stereocenters. The SMILES string of the molecule is COc1ccccc1NC(=O)N1CCCN(c2nc(C)nc(C)c2Cc2ccc(C)cc2)CC1. The van der Waals surface area contributed by atoms with Crippen LogP contribution in [-0.4, -0.2) is 54.2 Å². The van der Waals surface area contributed by atoms with Crippen molar-refractivity contribution in [3.05, 3.63) is 76.7 Å². The molecule has 0 spiro atoms. The molecule has 7 heteroatoms. The Balaban J connectivity index is 1.50. The number of nitrogens with one attached hydrogen (secondary N) is 1. The predicted molar refractivity (Wildman–Crippen MR) is 136 cm³/mol. The largest absolute Gasteiger partial charge is 0.495 e. The van der Waals surface area contributed by atoms with Gasteiger partial charge in [-0.2, -0.15) is 0 Å². The zero-order chi connectivity index (χ0) is 24.1. The number of urea groups is 1. The Morgan fingerprint density at radius 3 is 2.50 bits per heavy atom. The topological polar surface area (TPSA) is 70.6 Å². The minimum absolute atomic E-state index is 0.110. The van der Waals surface area contributed by atoms with Crippen molar-refractivity contribution < 1.29 is 9.53 Å². The summed E-state index contributed by atoms with van der Waals surface area (Å²) in [6.45, 7) is 8.97. The molecule has 2 aromatic carbocycles. The van der Waals surface area contributed by atoms with Gasteiger partial charge in [0.25, 0.3) is 0 Å². The van der Waals surface area contributed by atoms with Crippen LogP contribution in [0.3, 0.4) is 0 Å². The number of hydrogen-bond acceptors (Lipinski definition) is 5. The van der Waals surface area contributed by atoms with E-state index in [0.29, 0.717) is 24.5 Å². The highest BCUT2D eigenvalue weighted by molar-refractivity contribution is 5.91. The summed E-state index contributed by atoms with van der Waals surface area (Å²) in [6.07, 6.45) is 1.65. The maximum atomic E-state index is 13.0. The number of carbonyl (C=O) groups is 1. The van der Waals surface area contributed by atoms with Crippen LogP contribution in [0.2, 0.25) is 0 Å². The van der Waals surface area contributed by atoms with Crippen LogP contribution in [0, 0.1) is 20.8 Å². The van der Waals surface area contributed by atoms with Crippen LogP contribution in [0.25, 0.3) is 0 Å². The fraction of sp³-hybridized carbons (Fsp3) is 0.370. The smallest absolute Gasteiger partial charge is 0.322 e. The van der Waals surface area contributed by atoms with E-state index in [0.717, 1.165) is 48.8 Å². The lowest BCUT2D eigenvalue weighted by molar-refractivity contribution is 0.215. The Kier molecular flexibility index (Phi) is 7.30. The summed E-state index contributed by atoms with van der Waals surface area (Å²) in [5, 5.41) is 3.00. The third-order valence-electron chi connectivity index (χ3n) is 6.24. The van der Waals surface area contributed by atoms with Crippen LogP contribution in [-0.2, 0) is 6.42 Å². The first-order chi connectivity index (χ1) is 16.4. The number of ether oxygens (including phenoxy) is 1. The van der Waals surface area contributed by atoms with Crippen LogP contribution < -0.4 is 15.0 Å². The molecule has 1 aromatic heterocycles. The van der Waals surface area contributed by atoms with Crippen LogP contribution in [0.5, 0.6) is 5.75 Å². The van der Waals surface area contributed by atoms with Crippen molar-refractivity contribution in [1.82, 2.24) is 14.9 Å². The van der Waals surface area contributed by atoms with Gasteiger partial charge in [0.15, 0.2) is 0 Å². The van der Waals surface area contributed by atoms with Crippen molar-refractivity contribution in [2.75, 3.05) is 43.5 Å². The van der Waals surface area contributed by atoms with E-state index in [4.69, 9.17) is 9.72 Å². The number of aromatic nitrogens is 2. The summed E-state index contributed by atoms with van der Waals surface area (Å²) in [6, 6.07) is 16.0. The normalized spacial score (nSPS) is 14.0. The molecule has 178 valence electrons. The highest BCUT2D eigenvalue weighted by Gasteiger charge is 2.23. The van der Waals surface area contributed by atoms with Crippen LogP contribution in [0.4, 0.5) is 16.3 Å². The average Bonchev–Trinajstić information content (AvgIpc) is 3.09. The first kappa shape index (κ1) is 23.5. The molecule has 0 unspecified atom stereocenters. The molecule has 0 aliphatic carbocycles. The minimum Gasteiger partial charge on any atom is -0.495 e. The second-order valence-electron chi connectivity index (χ2n) is 8.78. The van der Waals surface area contributed by atoms with E-state index in [2.05, 4.69) is 53.3 Å². The van der Waals surface area contributed by atoms with Crippen molar-refractivity contribution in [2.45, 2.75) is 33.6 Å². The summed E-state index contributed by atoms with van der Waals surface area (Å²) in [5.41, 5.74) is 5.34. The van der Waals surface area contributed by atoms with E-state index in [9.17, 15) is 4.79 Å². The van der Waals surface area contributed by atoms with Crippen LogP contribution in [0.15, 0.2) is 48.5 Å². The van der Waals surface area contributed by atoms with E-state index >= 15 is 0 Å². The number of para-hydroxylation sites is 2. The van der Waals surface area contributed by atoms with Gasteiger partial charge < -0.3 is 19.9 Å². The third kappa shape index (κ3) is 5.47. The molecule has 0 saturated carbocycles. The standard InChI is InChI=1S/C27H33N5O2/c1-19-10-12-22(13-11-19)18-23-20(2)28-21(3)29-26(23)31-14-7-15-32(17-16-31)27(33)30-24-8-5-6-9-25(24)34-4/h5-6,8-13H,7,14-18H2,1-4H3,(H,30,33). The molecular weight excluding hydrogens is 426 g/mol. The molecule has 34 heavy (non-hydrogen) atoms. The number of hydrogen-bond donors (Lipinski definition) is 1. The zero-order valence-corrected chi connectivity index (χ0v) is 20.5. The van der Waals surface area contributed by atoms with E-state index < -0.39 is 0 Å². The quantitative estimate of drug-likeness (QED) is 0.596. The molecule has 2 amide bonds. The fourth-order valence-corrected chi connectivity index (χ4v) is 4.37. The van der Waals surface area contributed by atoms with Crippen molar-refractivity contribution >= 4 is 17.5 Å². The molecule has 4 rings (SSSR count). The molecule has 1 aliphatic rings. The Morgan fingerprint density at radius 2 is 1.74 bits per heavy atom. The maximum absolute atomic E-state index is 13.0. The Hall–Kier alpha value is -3.61. The molecule has 3 aromatic rings. The summed E-state index contributed by atoms with van der Waals surface area (Å²) >= 11 is 0. The van der Waals surface area contributed by atoms with Crippen molar-refractivity contribution in [3.63, 3.8) is 0 Å².